The number of hydrogen-bond acceptors (Lipinski definition) is 6. The molecule has 3 amide bonds. The number of nitrogens with zero attached hydrogens (tertiary/aromatic N) is 3. The molecule has 1 fully saturated rings. The second kappa shape index (κ2) is 8.76. The Balaban J connectivity index is 1.25. The smallest absolute Gasteiger partial charge is 0.267 e. The number of nitrogens with one attached hydrogen (secondary N) is 1. The number of benzene rings is 1. The van der Waals surface area contributed by atoms with Crippen LogP contribution in [0.2, 0.25) is 0 Å². The molecule has 2 aliphatic rings. The van der Waals surface area contributed by atoms with Crippen LogP contribution in [-0.4, -0.2) is 40.7 Å². The van der Waals surface area contributed by atoms with E-state index in [1.165, 1.54) is 22.7 Å². The van der Waals surface area contributed by atoms with E-state index in [0.717, 1.165) is 20.7 Å². The number of fused-ring (bicyclic) bond motifs is 1. The molecular weight excluding hydrogens is 512 g/mol. The molecule has 164 valence electrons. The van der Waals surface area contributed by atoms with Crippen molar-refractivity contribution in [3.05, 3.63) is 61.7 Å². The number of halogens is 1. The van der Waals surface area contributed by atoms with E-state index in [9.17, 15) is 14.4 Å². The Bertz CT molecular complexity index is 1190. The summed E-state index contributed by atoms with van der Waals surface area (Å²) >= 11 is 6.23. The van der Waals surface area contributed by atoms with E-state index >= 15 is 0 Å². The third kappa shape index (κ3) is 4.22. The van der Waals surface area contributed by atoms with Crippen LogP contribution < -0.4 is 10.2 Å². The van der Waals surface area contributed by atoms with Gasteiger partial charge in [0.05, 0.1) is 23.0 Å². The standard InChI is InChI=1S/C22H19BrN4O3S2/c23-14-3-1-4-15(10-14)27-11-13(9-19(27)28)21(30)26-7-6-16-18(12-26)32-22(24-16)25-20(29)17-5-2-8-31-17/h1-5,8,10,13H,6-7,9,11-12H2,(H,24,25,29). The molecule has 10 heteroatoms. The largest absolute Gasteiger partial charge is 0.337 e. The van der Waals surface area contributed by atoms with Crippen LogP contribution in [0.1, 0.15) is 26.7 Å². The highest BCUT2D eigenvalue weighted by Gasteiger charge is 2.38. The monoisotopic (exact) mass is 530 g/mol. The quantitative estimate of drug-likeness (QED) is 0.549. The van der Waals surface area contributed by atoms with E-state index in [2.05, 4.69) is 26.2 Å². The van der Waals surface area contributed by atoms with Gasteiger partial charge in [-0.1, -0.05) is 39.4 Å². The third-order valence-electron chi connectivity index (χ3n) is 5.60. The van der Waals surface area contributed by atoms with Gasteiger partial charge in [0, 0.05) is 41.0 Å². The molecule has 1 saturated heterocycles. The van der Waals surface area contributed by atoms with Gasteiger partial charge in [0.1, 0.15) is 0 Å². The van der Waals surface area contributed by atoms with Gasteiger partial charge in [0.15, 0.2) is 5.13 Å². The zero-order chi connectivity index (χ0) is 22.2. The molecule has 2 aliphatic heterocycles. The van der Waals surface area contributed by atoms with Crippen molar-refractivity contribution in [3.63, 3.8) is 0 Å². The second-order valence-corrected chi connectivity index (χ2v) is 10.7. The molecule has 0 bridgehead atoms. The van der Waals surface area contributed by atoms with Crippen LogP contribution in [-0.2, 0) is 22.6 Å². The first-order valence-corrected chi connectivity index (χ1v) is 12.6. The van der Waals surface area contributed by atoms with Crippen LogP contribution in [0.5, 0.6) is 0 Å². The average Bonchev–Trinajstić information content (AvgIpc) is 3.52. The number of carbonyl (C=O) groups is 3. The SMILES string of the molecule is O=C(Nc1nc2c(s1)CN(C(=O)C1CC(=O)N(c3cccc(Br)c3)C1)CC2)c1cccs1. The lowest BCUT2D eigenvalue weighted by Gasteiger charge is -2.28. The summed E-state index contributed by atoms with van der Waals surface area (Å²) in [6.45, 7) is 1.42. The van der Waals surface area contributed by atoms with Gasteiger partial charge >= 0.3 is 0 Å². The van der Waals surface area contributed by atoms with Crippen molar-refractivity contribution in [2.75, 3.05) is 23.3 Å². The molecule has 32 heavy (non-hydrogen) atoms. The molecule has 1 aromatic carbocycles. The zero-order valence-electron chi connectivity index (χ0n) is 16.9. The predicted octanol–water partition coefficient (Wildman–Crippen LogP) is 4.16. The van der Waals surface area contributed by atoms with Crippen molar-refractivity contribution in [2.45, 2.75) is 19.4 Å². The summed E-state index contributed by atoms with van der Waals surface area (Å²) in [6, 6.07) is 11.2. The Kier molecular flexibility index (Phi) is 5.83. The molecule has 1 atom stereocenters. The molecule has 1 N–H and O–H groups in total. The molecule has 0 saturated carbocycles. The first kappa shape index (κ1) is 21.3. The number of rotatable bonds is 4. The maximum absolute atomic E-state index is 13.2. The topological polar surface area (TPSA) is 82.6 Å². The number of thiophene rings is 1. The molecular formula is C22H19BrN4O3S2. The Morgan fingerprint density at radius 3 is 2.88 bits per heavy atom. The molecule has 3 aromatic rings. The highest BCUT2D eigenvalue weighted by Crippen LogP contribution is 2.32. The second-order valence-electron chi connectivity index (χ2n) is 7.72. The summed E-state index contributed by atoms with van der Waals surface area (Å²) in [4.78, 5) is 47.7. The van der Waals surface area contributed by atoms with Crippen molar-refractivity contribution >= 4 is 67.1 Å². The zero-order valence-corrected chi connectivity index (χ0v) is 20.1. The fourth-order valence-corrected chi connectivity index (χ4v) is 6.05. The maximum atomic E-state index is 13.2. The summed E-state index contributed by atoms with van der Waals surface area (Å²) < 4.78 is 0.897. The number of hydrogen-bond donors (Lipinski definition) is 1. The molecule has 7 nitrogen and oxygen atoms in total. The summed E-state index contributed by atoms with van der Waals surface area (Å²) in [5.74, 6) is -0.556. The van der Waals surface area contributed by atoms with Gasteiger partial charge in [0.2, 0.25) is 11.8 Å². The van der Waals surface area contributed by atoms with Gasteiger partial charge < -0.3 is 9.80 Å². The van der Waals surface area contributed by atoms with E-state index in [0.29, 0.717) is 36.1 Å². The van der Waals surface area contributed by atoms with Crippen LogP contribution in [0.4, 0.5) is 10.8 Å². The molecule has 5 rings (SSSR count). The molecule has 0 aliphatic carbocycles. The van der Waals surface area contributed by atoms with Crippen molar-refractivity contribution in [1.29, 1.82) is 0 Å². The molecule has 4 heterocycles. The van der Waals surface area contributed by atoms with Gasteiger partial charge in [0.25, 0.3) is 5.91 Å². The predicted molar refractivity (Wildman–Crippen MR) is 128 cm³/mol. The van der Waals surface area contributed by atoms with E-state index in [1.54, 1.807) is 11.0 Å². The summed E-state index contributed by atoms with van der Waals surface area (Å²) in [5, 5.41) is 5.27. The normalized spacial score (nSPS) is 18.0. The molecule has 2 aromatic heterocycles. The van der Waals surface area contributed by atoms with Crippen molar-refractivity contribution < 1.29 is 14.4 Å². The van der Waals surface area contributed by atoms with Crippen LogP contribution in [0.25, 0.3) is 0 Å². The van der Waals surface area contributed by atoms with Gasteiger partial charge in [-0.05, 0) is 29.6 Å². The first-order valence-electron chi connectivity index (χ1n) is 10.2. The number of anilines is 2. The van der Waals surface area contributed by atoms with Crippen molar-refractivity contribution in [1.82, 2.24) is 9.88 Å². The van der Waals surface area contributed by atoms with E-state index in [-0.39, 0.29) is 30.1 Å². The lowest BCUT2D eigenvalue weighted by molar-refractivity contribution is -0.136. The van der Waals surface area contributed by atoms with Crippen LogP contribution in [0.15, 0.2) is 46.3 Å². The first-order chi connectivity index (χ1) is 15.5. The maximum Gasteiger partial charge on any atom is 0.267 e. The number of aromatic nitrogens is 1. The van der Waals surface area contributed by atoms with Crippen LogP contribution in [0.3, 0.4) is 0 Å². The number of amides is 3. The van der Waals surface area contributed by atoms with Crippen LogP contribution >= 0.6 is 38.6 Å². The minimum atomic E-state index is -0.353. The average molecular weight is 531 g/mol. The van der Waals surface area contributed by atoms with Gasteiger partial charge in [-0.15, -0.1) is 11.3 Å². The highest BCUT2D eigenvalue weighted by molar-refractivity contribution is 9.10. The van der Waals surface area contributed by atoms with Gasteiger partial charge in [-0.2, -0.15) is 0 Å². The van der Waals surface area contributed by atoms with Gasteiger partial charge in [-0.3, -0.25) is 19.7 Å². The van der Waals surface area contributed by atoms with Crippen molar-refractivity contribution in [3.8, 4) is 0 Å². The van der Waals surface area contributed by atoms with E-state index in [1.807, 2.05) is 40.6 Å². The molecule has 0 radical (unpaired) electrons. The fraction of sp³-hybridized carbons (Fsp3) is 0.273. The fourth-order valence-electron chi connectivity index (χ4n) is 4.03. The Morgan fingerprint density at radius 1 is 1.22 bits per heavy atom. The lowest BCUT2D eigenvalue weighted by Crippen LogP contribution is -2.40. The molecule has 0 spiro atoms. The van der Waals surface area contributed by atoms with Crippen molar-refractivity contribution in [2.24, 2.45) is 5.92 Å². The summed E-state index contributed by atoms with van der Waals surface area (Å²) in [7, 11) is 0. The Hall–Kier alpha value is -2.56. The van der Waals surface area contributed by atoms with E-state index in [4.69, 9.17) is 0 Å². The number of thiazole rings is 1. The summed E-state index contributed by atoms with van der Waals surface area (Å²) in [5.41, 5.74) is 1.73. The minimum absolute atomic E-state index is 0.000863. The minimum Gasteiger partial charge on any atom is -0.337 e. The lowest BCUT2D eigenvalue weighted by atomic mass is 10.1. The van der Waals surface area contributed by atoms with Gasteiger partial charge in [-0.25, -0.2) is 4.98 Å². The Labute approximate surface area is 201 Å². The number of carbonyl (C=O) groups excluding carboxylic acids is 3. The van der Waals surface area contributed by atoms with E-state index < -0.39 is 0 Å². The third-order valence-corrected chi connectivity index (χ3v) is 7.96. The highest BCUT2D eigenvalue weighted by atomic mass is 79.9. The Morgan fingerprint density at radius 2 is 2.09 bits per heavy atom. The van der Waals surface area contributed by atoms with Crippen LogP contribution in [0, 0.1) is 5.92 Å². The molecule has 1 unspecified atom stereocenters. The summed E-state index contributed by atoms with van der Waals surface area (Å²) in [6.07, 6.45) is 0.863.